The van der Waals surface area contributed by atoms with Crippen LogP contribution in [0, 0.1) is 0 Å². The van der Waals surface area contributed by atoms with E-state index < -0.39 is 60.2 Å². The second-order valence-corrected chi connectivity index (χ2v) is 10.8. The summed E-state index contributed by atoms with van der Waals surface area (Å²) in [5.74, 6) is -4.11. The van der Waals surface area contributed by atoms with Crippen LogP contribution in [0.1, 0.15) is 38.3 Å². The minimum atomic E-state index is -1.86. The van der Waals surface area contributed by atoms with E-state index in [1.165, 1.54) is 32.4 Å². The maximum atomic E-state index is 13.4. The lowest BCUT2D eigenvalue weighted by molar-refractivity contribution is -0.320. The van der Waals surface area contributed by atoms with Gasteiger partial charge in [-0.15, -0.1) is 0 Å². The number of carboxylic acids is 1. The molecule has 46 heavy (non-hydrogen) atoms. The third kappa shape index (κ3) is 6.07. The normalized spacial score (nSPS) is 24.2. The molecule has 0 unspecified atom stereocenters. The first kappa shape index (κ1) is 32.6. The number of fused-ring (bicyclic) bond motifs is 1. The number of hydrogen-bond donors (Lipinski definition) is 6. The monoisotopic (exact) mass is 642 g/mol. The number of carbonyl (C=O) groups is 2. The van der Waals surface area contributed by atoms with E-state index in [4.69, 9.17) is 28.4 Å². The van der Waals surface area contributed by atoms with Gasteiger partial charge in [-0.3, -0.25) is 0 Å². The SMILES string of the molecule is COc1cc(C(=O)O)ccc1O[C@H]1O[C@@]2(CCc3c(OC)c(O)c(OCCc4ccccc4)c(O)c3C(=O)OC2)[C@@H](O)[C@H](O)[C@H]1O. The Labute approximate surface area is 262 Å². The zero-order valence-corrected chi connectivity index (χ0v) is 24.9. The zero-order chi connectivity index (χ0) is 33.2. The smallest absolute Gasteiger partial charge is 0.342 e. The van der Waals surface area contributed by atoms with E-state index in [2.05, 4.69) is 0 Å². The summed E-state index contributed by atoms with van der Waals surface area (Å²) in [6.45, 7) is -0.589. The number of cyclic esters (lactones) is 1. The molecule has 0 bridgehead atoms. The van der Waals surface area contributed by atoms with E-state index in [0.29, 0.717) is 6.42 Å². The molecule has 6 N–H and O–H groups in total. The highest BCUT2D eigenvalue weighted by atomic mass is 16.7. The summed E-state index contributed by atoms with van der Waals surface area (Å²) in [7, 11) is 2.52. The number of carboxylic acid groups (broad SMARTS) is 1. The van der Waals surface area contributed by atoms with Crippen molar-refractivity contribution in [3.05, 3.63) is 70.8 Å². The van der Waals surface area contributed by atoms with Crippen molar-refractivity contribution in [1.29, 1.82) is 0 Å². The average molecular weight is 643 g/mol. The number of aliphatic hydroxyl groups excluding tert-OH is 3. The molecule has 14 nitrogen and oxygen atoms in total. The Hall–Kier alpha value is -4.76. The van der Waals surface area contributed by atoms with Crippen LogP contribution in [0.2, 0.25) is 0 Å². The number of phenols is 2. The molecule has 0 saturated carbocycles. The lowest BCUT2D eigenvalue weighted by Gasteiger charge is -2.48. The number of carbonyl (C=O) groups excluding carboxylic acids is 1. The Balaban J connectivity index is 1.43. The van der Waals surface area contributed by atoms with Crippen molar-refractivity contribution in [1.82, 2.24) is 0 Å². The van der Waals surface area contributed by atoms with Gasteiger partial charge in [-0.1, -0.05) is 30.3 Å². The van der Waals surface area contributed by atoms with E-state index in [9.17, 15) is 40.2 Å². The van der Waals surface area contributed by atoms with Gasteiger partial charge in [0.1, 0.15) is 36.1 Å². The highest BCUT2D eigenvalue weighted by Crippen LogP contribution is 2.51. The van der Waals surface area contributed by atoms with Gasteiger partial charge in [-0.05, 0) is 36.6 Å². The molecular weight excluding hydrogens is 608 g/mol. The fourth-order valence-corrected chi connectivity index (χ4v) is 5.60. The summed E-state index contributed by atoms with van der Waals surface area (Å²) in [5, 5.41) is 64.1. The Morgan fingerprint density at radius 3 is 2.37 bits per heavy atom. The Morgan fingerprint density at radius 1 is 0.957 bits per heavy atom. The van der Waals surface area contributed by atoms with Crippen LogP contribution in [0.3, 0.4) is 0 Å². The molecule has 1 saturated heterocycles. The molecule has 14 heteroatoms. The maximum Gasteiger partial charge on any atom is 0.342 e. The lowest BCUT2D eigenvalue weighted by Crippen LogP contribution is -2.67. The van der Waals surface area contributed by atoms with E-state index >= 15 is 0 Å². The topological polar surface area (TPSA) is 211 Å². The van der Waals surface area contributed by atoms with Crippen LogP contribution in [-0.4, -0.2) is 100 Å². The third-order valence-electron chi connectivity index (χ3n) is 8.09. The minimum absolute atomic E-state index is 0.0131. The Bertz CT molecular complexity index is 1590. The van der Waals surface area contributed by atoms with E-state index in [0.717, 1.165) is 5.56 Å². The summed E-state index contributed by atoms with van der Waals surface area (Å²) in [6.07, 6.45) is -6.97. The molecule has 5 rings (SSSR count). The summed E-state index contributed by atoms with van der Waals surface area (Å²) < 4.78 is 33.6. The van der Waals surface area contributed by atoms with E-state index in [1.54, 1.807) is 0 Å². The molecule has 2 aliphatic heterocycles. The number of aromatic carboxylic acids is 1. The number of phenolic OH excluding ortho intramolecular Hbond substituents is 2. The predicted octanol–water partition coefficient (Wildman–Crippen LogP) is 1.79. The fourth-order valence-electron chi connectivity index (χ4n) is 5.60. The second kappa shape index (κ2) is 13.3. The Morgan fingerprint density at radius 2 is 1.70 bits per heavy atom. The van der Waals surface area contributed by atoms with Crippen molar-refractivity contribution < 1.29 is 68.6 Å². The molecule has 1 spiro atoms. The largest absolute Gasteiger partial charge is 0.504 e. The predicted molar refractivity (Wildman–Crippen MR) is 157 cm³/mol. The van der Waals surface area contributed by atoms with Crippen molar-refractivity contribution in [2.75, 3.05) is 27.4 Å². The van der Waals surface area contributed by atoms with Crippen molar-refractivity contribution in [3.8, 4) is 34.5 Å². The van der Waals surface area contributed by atoms with Crippen LogP contribution in [0.25, 0.3) is 0 Å². The molecule has 2 heterocycles. The van der Waals surface area contributed by atoms with Gasteiger partial charge in [0, 0.05) is 12.0 Å². The number of methoxy groups -OCH3 is 2. The quantitative estimate of drug-likeness (QED) is 0.184. The first-order valence-electron chi connectivity index (χ1n) is 14.3. The van der Waals surface area contributed by atoms with E-state index in [-0.39, 0.29) is 59.1 Å². The van der Waals surface area contributed by atoms with Crippen LogP contribution in [-0.2, 0) is 22.3 Å². The number of ether oxygens (including phenoxy) is 6. The van der Waals surface area contributed by atoms with Crippen molar-refractivity contribution in [2.45, 2.75) is 49.5 Å². The molecule has 0 aliphatic carbocycles. The van der Waals surface area contributed by atoms with Crippen molar-refractivity contribution in [3.63, 3.8) is 0 Å². The first-order valence-corrected chi connectivity index (χ1v) is 14.3. The minimum Gasteiger partial charge on any atom is -0.504 e. The Kier molecular flexibility index (Phi) is 9.44. The molecule has 1 fully saturated rings. The lowest BCUT2D eigenvalue weighted by atomic mass is 9.81. The fraction of sp³-hybridized carbons (Fsp3) is 0.375. The molecule has 0 radical (unpaired) electrons. The van der Waals surface area contributed by atoms with Crippen molar-refractivity contribution >= 4 is 11.9 Å². The highest BCUT2D eigenvalue weighted by Gasteiger charge is 2.56. The van der Waals surface area contributed by atoms with Crippen LogP contribution in [0.5, 0.6) is 34.5 Å². The first-order chi connectivity index (χ1) is 22.0. The van der Waals surface area contributed by atoms with Gasteiger partial charge in [-0.2, -0.15) is 0 Å². The molecule has 2 aliphatic rings. The highest BCUT2D eigenvalue weighted by molar-refractivity contribution is 5.97. The standard InChI is InChI=1S/C32H34O14/c1-41-20-14-17(29(38)39)8-9-19(20)45-31-24(35)23(34)28(37)32(46-31)12-10-18-21(30(40)44-15-32)22(33)27(25(36)26(18)42-2)43-13-11-16-6-4-3-5-7-16/h3-9,14,23-24,28,31,33-37H,10-13,15H2,1-2H3,(H,38,39)/t23-,24-,28+,31+,32-/m1/s1. The van der Waals surface area contributed by atoms with Crippen molar-refractivity contribution in [2.24, 2.45) is 0 Å². The van der Waals surface area contributed by atoms with E-state index in [1.807, 2.05) is 30.3 Å². The number of benzene rings is 3. The summed E-state index contributed by atoms with van der Waals surface area (Å²) >= 11 is 0. The van der Waals surface area contributed by atoms with Gasteiger partial charge in [0.15, 0.2) is 23.0 Å². The number of aliphatic hydroxyl groups is 3. The van der Waals surface area contributed by atoms with Gasteiger partial charge >= 0.3 is 11.9 Å². The van der Waals surface area contributed by atoms with Gasteiger partial charge in [0.25, 0.3) is 0 Å². The molecule has 0 aromatic heterocycles. The number of rotatable bonds is 9. The summed E-state index contributed by atoms with van der Waals surface area (Å²) in [5.41, 5.74) is -1.30. The number of esters is 1. The van der Waals surface area contributed by atoms with Gasteiger partial charge < -0.3 is 59.1 Å². The number of hydrogen-bond acceptors (Lipinski definition) is 13. The molecule has 0 amide bonds. The van der Waals surface area contributed by atoms with Crippen LogP contribution in [0.4, 0.5) is 0 Å². The molecule has 5 atom stereocenters. The van der Waals surface area contributed by atoms with Gasteiger partial charge in [-0.25, -0.2) is 9.59 Å². The van der Waals surface area contributed by atoms with Gasteiger partial charge in [0.2, 0.25) is 17.8 Å². The summed E-state index contributed by atoms with van der Waals surface area (Å²) in [6, 6.07) is 13.0. The average Bonchev–Trinajstić information content (AvgIpc) is 3.05. The molecule has 3 aromatic rings. The summed E-state index contributed by atoms with van der Waals surface area (Å²) in [4.78, 5) is 24.8. The number of aromatic hydroxyl groups is 2. The van der Waals surface area contributed by atoms with Crippen LogP contribution >= 0.6 is 0 Å². The third-order valence-corrected chi connectivity index (χ3v) is 8.09. The maximum absolute atomic E-state index is 13.4. The molecule has 246 valence electrons. The van der Waals surface area contributed by atoms with Gasteiger partial charge in [0.05, 0.1) is 26.4 Å². The molecule has 3 aromatic carbocycles. The second-order valence-electron chi connectivity index (χ2n) is 10.8. The van der Waals surface area contributed by atoms with Crippen LogP contribution in [0.15, 0.2) is 48.5 Å². The molecular formula is C32H34O14. The van der Waals surface area contributed by atoms with Crippen LogP contribution < -0.4 is 18.9 Å². The zero-order valence-electron chi connectivity index (χ0n) is 24.9.